The summed E-state index contributed by atoms with van der Waals surface area (Å²) in [5.74, 6) is -0.00385. The van der Waals surface area contributed by atoms with E-state index in [4.69, 9.17) is 5.73 Å². The van der Waals surface area contributed by atoms with Crippen molar-refractivity contribution >= 4 is 28.1 Å². The van der Waals surface area contributed by atoms with Crippen LogP contribution < -0.4 is 16.4 Å². The van der Waals surface area contributed by atoms with E-state index in [1.54, 1.807) is 6.20 Å². The van der Waals surface area contributed by atoms with E-state index in [-0.39, 0.29) is 11.9 Å². The molecule has 0 spiro atoms. The van der Waals surface area contributed by atoms with Gasteiger partial charge in [-0.05, 0) is 47.4 Å². The highest BCUT2D eigenvalue weighted by Gasteiger charge is 2.30. The Morgan fingerprint density at radius 3 is 2.70 bits per heavy atom. The number of alkyl halides is 3. The van der Waals surface area contributed by atoms with Gasteiger partial charge in [-0.15, -0.1) is 0 Å². The van der Waals surface area contributed by atoms with Crippen LogP contribution in [-0.4, -0.2) is 23.5 Å². The molecule has 0 saturated heterocycles. The Morgan fingerprint density at radius 1 is 1.20 bits per heavy atom. The van der Waals surface area contributed by atoms with Crippen LogP contribution in [0.4, 0.5) is 24.0 Å². The average Bonchev–Trinajstić information content (AvgIpc) is 3.31. The summed E-state index contributed by atoms with van der Waals surface area (Å²) >= 11 is 1.48. The van der Waals surface area contributed by atoms with Crippen LogP contribution in [0, 0.1) is 0 Å². The highest BCUT2D eigenvalue weighted by atomic mass is 32.1. The van der Waals surface area contributed by atoms with Gasteiger partial charge in [-0.3, -0.25) is 4.79 Å². The quantitative estimate of drug-likeness (QED) is 0.543. The lowest BCUT2D eigenvalue weighted by atomic mass is 10.0. The molecule has 2 heterocycles. The number of hydrogen-bond acceptors (Lipinski definition) is 5. The van der Waals surface area contributed by atoms with Crippen molar-refractivity contribution < 1.29 is 18.0 Å². The maximum absolute atomic E-state index is 12.6. The highest BCUT2D eigenvalue weighted by Crippen LogP contribution is 2.33. The van der Waals surface area contributed by atoms with Crippen molar-refractivity contribution in [2.75, 3.05) is 17.2 Å². The fraction of sp³-hybridized carbons (Fsp3) is 0.238. The second kappa shape index (κ2) is 8.08. The minimum absolute atomic E-state index is 0.00385. The van der Waals surface area contributed by atoms with Gasteiger partial charge in [0.25, 0.3) is 0 Å². The van der Waals surface area contributed by atoms with E-state index in [1.165, 1.54) is 23.5 Å². The molecule has 3 aromatic rings. The predicted molar refractivity (Wildman–Crippen MR) is 111 cm³/mol. The van der Waals surface area contributed by atoms with E-state index < -0.39 is 11.7 Å². The van der Waals surface area contributed by atoms with Crippen LogP contribution >= 0.6 is 11.3 Å². The minimum Gasteiger partial charge on any atom is -0.360 e. The summed E-state index contributed by atoms with van der Waals surface area (Å²) in [7, 11) is 0. The molecule has 0 aliphatic carbocycles. The highest BCUT2D eigenvalue weighted by molar-refractivity contribution is 7.18. The van der Waals surface area contributed by atoms with Gasteiger partial charge in [0.05, 0.1) is 16.9 Å². The molecule has 0 saturated carbocycles. The molecule has 156 valence electrons. The number of fused-ring (bicyclic) bond motifs is 1. The lowest BCUT2D eigenvalue weighted by molar-refractivity contribution is -0.137. The normalized spacial score (nSPS) is 14.3. The molecule has 1 amide bonds. The molecule has 1 atom stereocenters. The maximum atomic E-state index is 12.6. The number of thiazole rings is 1. The summed E-state index contributed by atoms with van der Waals surface area (Å²) in [6.07, 6.45) is -1.74. The zero-order valence-electron chi connectivity index (χ0n) is 15.8. The van der Waals surface area contributed by atoms with Crippen LogP contribution in [0.25, 0.3) is 10.4 Å². The number of carbonyl (C=O) groups excluding carboxylic acids is 1. The molecule has 0 fully saturated rings. The summed E-state index contributed by atoms with van der Waals surface area (Å²) < 4.78 is 37.9. The Kier molecular flexibility index (Phi) is 5.48. The van der Waals surface area contributed by atoms with E-state index in [2.05, 4.69) is 15.6 Å². The molecule has 30 heavy (non-hydrogen) atoms. The summed E-state index contributed by atoms with van der Waals surface area (Å²) in [5, 5.41) is 6.71. The molecule has 9 heteroatoms. The average molecular weight is 432 g/mol. The number of aromatic nitrogens is 1. The third-order valence-electron chi connectivity index (χ3n) is 4.82. The number of amides is 1. The Morgan fingerprint density at radius 2 is 1.97 bits per heavy atom. The predicted octanol–water partition coefficient (Wildman–Crippen LogP) is 4.31. The second-order valence-electron chi connectivity index (χ2n) is 7.17. The SMILES string of the molecule is N[C@@H](CNc1ncc(-c2ccc3c(c2)CC(=O)N3)s1)Cc1ccc(C(F)(F)F)cc1. The summed E-state index contributed by atoms with van der Waals surface area (Å²) in [6.45, 7) is 0.441. The van der Waals surface area contributed by atoms with Gasteiger partial charge >= 0.3 is 6.18 Å². The molecule has 1 aliphatic heterocycles. The number of benzene rings is 2. The van der Waals surface area contributed by atoms with Gasteiger partial charge in [0.1, 0.15) is 0 Å². The van der Waals surface area contributed by atoms with Gasteiger partial charge in [-0.2, -0.15) is 13.2 Å². The number of nitrogens with one attached hydrogen (secondary N) is 2. The molecule has 1 aliphatic rings. The molecule has 0 unspecified atom stereocenters. The number of nitrogens with zero attached hydrogens (tertiary/aromatic N) is 1. The number of halogens is 3. The van der Waals surface area contributed by atoms with Gasteiger partial charge in [0.2, 0.25) is 5.91 Å². The Bertz CT molecular complexity index is 1060. The first-order chi connectivity index (χ1) is 14.3. The van der Waals surface area contributed by atoms with Crippen LogP contribution in [0.15, 0.2) is 48.7 Å². The van der Waals surface area contributed by atoms with E-state index in [1.807, 2.05) is 18.2 Å². The number of anilines is 2. The lowest BCUT2D eigenvalue weighted by Crippen LogP contribution is -2.31. The van der Waals surface area contributed by atoms with Gasteiger partial charge < -0.3 is 16.4 Å². The van der Waals surface area contributed by atoms with E-state index in [0.717, 1.165) is 39.4 Å². The smallest absolute Gasteiger partial charge is 0.360 e. The molecule has 5 nitrogen and oxygen atoms in total. The van der Waals surface area contributed by atoms with Crippen LogP contribution in [0.1, 0.15) is 16.7 Å². The van der Waals surface area contributed by atoms with Crippen LogP contribution in [-0.2, 0) is 23.8 Å². The van der Waals surface area contributed by atoms with Crippen molar-refractivity contribution in [3.8, 4) is 10.4 Å². The van der Waals surface area contributed by atoms with E-state index >= 15 is 0 Å². The monoisotopic (exact) mass is 432 g/mol. The first-order valence-electron chi connectivity index (χ1n) is 9.32. The van der Waals surface area contributed by atoms with Crippen LogP contribution in [0.5, 0.6) is 0 Å². The molecular weight excluding hydrogens is 413 g/mol. The van der Waals surface area contributed by atoms with Crippen molar-refractivity contribution in [2.24, 2.45) is 5.73 Å². The topological polar surface area (TPSA) is 80.0 Å². The first-order valence-corrected chi connectivity index (χ1v) is 10.1. The van der Waals surface area contributed by atoms with Crippen LogP contribution in [0.3, 0.4) is 0 Å². The number of carbonyl (C=O) groups is 1. The summed E-state index contributed by atoms with van der Waals surface area (Å²) in [4.78, 5) is 16.8. The lowest BCUT2D eigenvalue weighted by Gasteiger charge is -2.13. The summed E-state index contributed by atoms with van der Waals surface area (Å²) in [5.41, 5.74) is 9.01. The minimum atomic E-state index is -4.34. The van der Waals surface area contributed by atoms with Gasteiger partial charge in [-0.25, -0.2) is 4.98 Å². The molecule has 1 aromatic heterocycles. The number of hydrogen-bond donors (Lipinski definition) is 3. The van der Waals surface area contributed by atoms with Crippen molar-refractivity contribution in [3.63, 3.8) is 0 Å². The van der Waals surface area contributed by atoms with Crippen molar-refractivity contribution in [1.29, 1.82) is 0 Å². The number of nitrogens with two attached hydrogens (primary N) is 1. The molecule has 4 rings (SSSR count). The molecular formula is C21H19F3N4OS. The third-order valence-corrected chi connectivity index (χ3v) is 5.82. The van der Waals surface area contributed by atoms with E-state index in [9.17, 15) is 18.0 Å². The molecule has 0 bridgehead atoms. The van der Waals surface area contributed by atoms with E-state index in [0.29, 0.717) is 24.5 Å². The Balaban J connectivity index is 1.33. The Hall–Kier alpha value is -2.91. The maximum Gasteiger partial charge on any atom is 0.416 e. The van der Waals surface area contributed by atoms with Gasteiger partial charge in [0.15, 0.2) is 5.13 Å². The van der Waals surface area contributed by atoms with Gasteiger partial charge in [0, 0.05) is 24.5 Å². The Labute approximate surface area is 175 Å². The van der Waals surface area contributed by atoms with Gasteiger partial charge in [-0.1, -0.05) is 29.5 Å². The standard InChI is InChI=1S/C21H19F3N4OS/c22-21(23,24)15-4-1-12(2-5-15)7-16(25)10-26-20-27-11-18(30-20)13-3-6-17-14(8-13)9-19(29)28-17/h1-6,8,11,16H,7,9-10,25H2,(H,26,27)(H,28,29)/t16-/m1/s1. The van der Waals surface area contributed by atoms with Crippen LogP contribution in [0.2, 0.25) is 0 Å². The molecule has 0 radical (unpaired) electrons. The zero-order chi connectivity index (χ0) is 21.3. The summed E-state index contributed by atoms with van der Waals surface area (Å²) in [6, 6.07) is 10.6. The second-order valence-corrected chi connectivity index (χ2v) is 8.20. The largest absolute Gasteiger partial charge is 0.416 e. The third kappa shape index (κ3) is 4.63. The van der Waals surface area contributed by atoms with Crippen molar-refractivity contribution in [1.82, 2.24) is 4.98 Å². The van der Waals surface area contributed by atoms with Crippen molar-refractivity contribution in [3.05, 3.63) is 65.4 Å². The van der Waals surface area contributed by atoms with Crippen molar-refractivity contribution in [2.45, 2.75) is 25.1 Å². The number of rotatable bonds is 6. The molecule has 2 aromatic carbocycles. The fourth-order valence-electron chi connectivity index (χ4n) is 3.29. The fourth-order valence-corrected chi connectivity index (χ4v) is 4.11. The zero-order valence-corrected chi connectivity index (χ0v) is 16.6. The molecule has 4 N–H and O–H groups in total. The first kappa shape index (κ1) is 20.4.